The first-order valence-electron chi connectivity index (χ1n) is 5.96. The maximum atomic E-state index is 12.5. The van der Waals surface area contributed by atoms with E-state index in [0.29, 0.717) is 4.90 Å². The Balaban J connectivity index is 2.24. The minimum absolute atomic E-state index is 0.0127. The molecule has 1 fully saturated rings. The van der Waals surface area contributed by atoms with E-state index in [1.807, 2.05) is 0 Å². The number of carboxylic acids is 1. The first-order valence-corrected chi connectivity index (χ1v) is 5.96. The summed E-state index contributed by atoms with van der Waals surface area (Å²) in [5, 5.41) is 9.00. The van der Waals surface area contributed by atoms with Gasteiger partial charge >= 0.3 is 18.1 Å². The van der Waals surface area contributed by atoms with E-state index in [0.717, 1.165) is 5.56 Å². The fourth-order valence-corrected chi connectivity index (χ4v) is 2.42. The molecule has 2 atom stereocenters. The van der Waals surface area contributed by atoms with Crippen LogP contribution in [0.1, 0.15) is 17.9 Å². The first-order chi connectivity index (χ1) is 9.30. The van der Waals surface area contributed by atoms with Crippen LogP contribution in [0.4, 0.5) is 13.2 Å². The number of carbonyl (C=O) groups excluding carboxylic acids is 1. The van der Waals surface area contributed by atoms with Crippen molar-refractivity contribution in [1.82, 2.24) is 4.90 Å². The quantitative estimate of drug-likeness (QED) is 0.905. The third-order valence-corrected chi connectivity index (χ3v) is 3.36. The average molecular weight is 287 g/mol. The van der Waals surface area contributed by atoms with E-state index < -0.39 is 30.0 Å². The summed E-state index contributed by atoms with van der Waals surface area (Å²) in [7, 11) is 0. The highest BCUT2D eigenvalue weighted by Gasteiger charge is 2.50. The number of likely N-dealkylation sites (tertiary alicyclic amines) is 1. The maximum absolute atomic E-state index is 12.5. The molecule has 1 aromatic carbocycles. The number of benzene rings is 1. The molecule has 0 unspecified atom stereocenters. The van der Waals surface area contributed by atoms with E-state index in [9.17, 15) is 22.8 Å². The summed E-state index contributed by atoms with van der Waals surface area (Å²) in [5.74, 6) is -3.91. The molecular formula is C13H12F3NO3. The molecule has 1 N–H and O–H groups in total. The summed E-state index contributed by atoms with van der Waals surface area (Å²) in [6, 6.07) is 7.19. The number of rotatable bonds is 2. The van der Waals surface area contributed by atoms with Crippen LogP contribution in [-0.2, 0) is 9.59 Å². The van der Waals surface area contributed by atoms with Crippen LogP contribution in [0.3, 0.4) is 0 Å². The molecule has 7 heteroatoms. The Labute approximate surface area is 112 Å². The van der Waals surface area contributed by atoms with E-state index in [2.05, 4.69) is 0 Å². The van der Waals surface area contributed by atoms with E-state index in [1.54, 1.807) is 30.3 Å². The molecule has 2 rings (SSSR count). The van der Waals surface area contributed by atoms with Gasteiger partial charge in [0.15, 0.2) is 0 Å². The van der Waals surface area contributed by atoms with Crippen LogP contribution in [0.5, 0.6) is 0 Å². The van der Waals surface area contributed by atoms with Gasteiger partial charge < -0.3 is 10.0 Å². The fourth-order valence-electron chi connectivity index (χ4n) is 2.42. The summed E-state index contributed by atoms with van der Waals surface area (Å²) < 4.78 is 37.4. The van der Waals surface area contributed by atoms with E-state index in [-0.39, 0.29) is 13.0 Å². The van der Waals surface area contributed by atoms with Crippen molar-refractivity contribution in [2.24, 2.45) is 0 Å². The van der Waals surface area contributed by atoms with Gasteiger partial charge in [-0.15, -0.1) is 0 Å². The smallest absolute Gasteiger partial charge is 0.471 e. The maximum Gasteiger partial charge on any atom is 0.471 e. The van der Waals surface area contributed by atoms with Crippen LogP contribution >= 0.6 is 0 Å². The van der Waals surface area contributed by atoms with Crippen LogP contribution in [0.25, 0.3) is 0 Å². The van der Waals surface area contributed by atoms with Gasteiger partial charge in [-0.1, -0.05) is 30.3 Å². The second-order valence-corrected chi connectivity index (χ2v) is 4.65. The third kappa shape index (κ3) is 2.76. The second kappa shape index (κ2) is 5.15. The molecule has 108 valence electrons. The number of aliphatic carboxylic acids is 1. The van der Waals surface area contributed by atoms with Crippen LogP contribution in [0.15, 0.2) is 30.3 Å². The van der Waals surface area contributed by atoms with Crippen molar-refractivity contribution in [3.63, 3.8) is 0 Å². The Morgan fingerprint density at radius 1 is 1.20 bits per heavy atom. The molecule has 0 bridgehead atoms. The Kier molecular flexibility index (Phi) is 3.69. The summed E-state index contributed by atoms with van der Waals surface area (Å²) in [6.07, 6.45) is -5.07. The van der Waals surface area contributed by atoms with Crippen molar-refractivity contribution >= 4 is 11.9 Å². The highest BCUT2D eigenvalue weighted by Crippen LogP contribution is 2.34. The van der Waals surface area contributed by atoms with Crippen molar-refractivity contribution in [1.29, 1.82) is 0 Å². The summed E-state index contributed by atoms with van der Waals surface area (Å²) in [5.41, 5.74) is 0.733. The van der Waals surface area contributed by atoms with Crippen LogP contribution < -0.4 is 0 Å². The van der Waals surface area contributed by atoms with Crippen molar-refractivity contribution in [2.45, 2.75) is 24.6 Å². The van der Waals surface area contributed by atoms with Gasteiger partial charge in [0, 0.05) is 12.5 Å². The normalized spacial score (nSPS) is 22.9. The number of halogens is 3. The molecule has 1 amide bonds. The molecule has 1 aliphatic rings. The lowest BCUT2D eigenvalue weighted by atomic mass is 9.96. The second-order valence-electron chi connectivity index (χ2n) is 4.65. The molecule has 1 aliphatic heterocycles. The lowest BCUT2D eigenvalue weighted by Gasteiger charge is -2.22. The molecule has 0 spiro atoms. The molecule has 1 heterocycles. The molecule has 0 aromatic heterocycles. The van der Waals surface area contributed by atoms with E-state index in [1.165, 1.54) is 0 Å². The molecule has 1 saturated heterocycles. The Morgan fingerprint density at radius 2 is 1.80 bits per heavy atom. The molecule has 0 saturated carbocycles. The molecular weight excluding hydrogens is 275 g/mol. The predicted molar refractivity (Wildman–Crippen MR) is 63.0 cm³/mol. The lowest BCUT2D eigenvalue weighted by molar-refractivity contribution is -0.188. The third-order valence-electron chi connectivity index (χ3n) is 3.36. The Bertz CT molecular complexity index is 515. The summed E-state index contributed by atoms with van der Waals surface area (Å²) in [4.78, 5) is 22.8. The minimum Gasteiger partial charge on any atom is -0.480 e. The largest absolute Gasteiger partial charge is 0.480 e. The predicted octanol–water partition coefficient (Wildman–Crippen LogP) is 2.02. The van der Waals surface area contributed by atoms with Gasteiger partial charge in [0.1, 0.15) is 6.04 Å². The van der Waals surface area contributed by atoms with Crippen LogP contribution in [0, 0.1) is 0 Å². The minimum atomic E-state index is -5.06. The van der Waals surface area contributed by atoms with E-state index >= 15 is 0 Å². The van der Waals surface area contributed by atoms with E-state index in [4.69, 9.17) is 5.11 Å². The highest BCUT2D eigenvalue weighted by molar-refractivity contribution is 5.87. The number of carboxylic acid groups (broad SMARTS) is 1. The Hall–Kier alpha value is -2.05. The monoisotopic (exact) mass is 287 g/mol. The van der Waals surface area contributed by atoms with Crippen molar-refractivity contribution in [2.75, 3.05) is 6.54 Å². The lowest BCUT2D eigenvalue weighted by Crippen LogP contribution is -2.46. The van der Waals surface area contributed by atoms with Crippen molar-refractivity contribution in [3.8, 4) is 0 Å². The van der Waals surface area contributed by atoms with Gasteiger partial charge in [-0.25, -0.2) is 4.79 Å². The van der Waals surface area contributed by atoms with Gasteiger partial charge in [0.2, 0.25) is 0 Å². The molecule has 0 aliphatic carbocycles. The number of carbonyl (C=O) groups is 2. The van der Waals surface area contributed by atoms with Gasteiger partial charge in [-0.3, -0.25) is 4.79 Å². The van der Waals surface area contributed by atoms with Gasteiger partial charge in [0.05, 0.1) is 0 Å². The number of amides is 1. The first kappa shape index (κ1) is 14.4. The Morgan fingerprint density at radius 3 is 2.30 bits per heavy atom. The van der Waals surface area contributed by atoms with Gasteiger partial charge in [0.25, 0.3) is 0 Å². The number of alkyl halides is 3. The van der Waals surface area contributed by atoms with Crippen molar-refractivity contribution in [3.05, 3.63) is 35.9 Å². The number of hydrogen-bond acceptors (Lipinski definition) is 2. The fraction of sp³-hybridized carbons (Fsp3) is 0.385. The van der Waals surface area contributed by atoms with Crippen molar-refractivity contribution < 1.29 is 27.9 Å². The average Bonchev–Trinajstić information content (AvgIpc) is 2.82. The number of nitrogens with zero attached hydrogens (tertiary/aromatic N) is 1. The zero-order chi connectivity index (χ0) is 14.9. The number of hydrogen-bond donors (Lipinski definition) is 1. The zero-order valence-corrected chi connectivity index (χ0v) is 10.3. The zero-order valence-electron chi connectivity index (χ0n) is 10.3. The standard InChI is InChI=1S/C13H12F3NO3/c14-13(15,16)12(20)17-7-9(6-10(17)11(18)19)8-4-2-1-3-5-8/h1-5,9-10H,6-7H2,(H,18,19)/t9-,10-/m0/s1. The SMILES string of the molecule is O=C(O)[C@@H]1C[C@H](c2ccccc2)CN1C(=O)C(F)(F)F. The molecule has 0 radical (unpaired) electrons. The van der Waals surface area contributed by atoms with Crippen LogP contribution in [0.2, 0.25) is 0 Å². The van der Waals surface area contributed by atoms with Gasteiger partial charge in [-0.05, 0) is 12.0 Å². The van der Waals surface area contributed by atoms with Gasteiger partial charge in [-0.2, -0.15) is 13.2 Å². The summed E-state index contributed by atoms with van der Waals surface area (Å²) in [6.45, 7) is -0.237. The molecule has 1 aromatic rings. The van der Waals surface area contributed by atoms with Crippen LogP contribution in [-0.4, -0.2) is 40.6 Å². The molecule has 20 heavy (non-hydrogen) atoms. The molecule has 4 nitrogen and oxygen atoms in total. The summed E-state index contributed by atoms with van der Waals surface area (Å²) >= 11 is 0. The highest BCUT2D eigenvalue weighted by atomic mass is 19.4. The topological polar surface area (TPSA) is 57.6 Å².